The number of hydrogen-bond acceptors (Lipinski definition) is 2. The molecule has 4 heteroatoms. The molecule has 3 nitrogen and oxygen atoms in total. The van der Waals surface area contributed by atoms with Gasteiger partial charge in [0.05, 0.1) is 0 Å². The van der Waals surface area contributed by atoms with Crippen LogP contribution < -0.4 is 5.32 Å². The molecule has 1 atom stereocenters. The average Bonchev–Trinajstić information content (AvgIpc) is 2.61. The first-order valence-corrected chi connectivity index (χ1v) is 8.36. The van der Waals surface area contributed by atoms with Crippen molar-refractivity contribution in [3.05, 3.63) is 71.8 Å². The van der Waals surface area contributed by atoms with Gasteiger partial charge in [0.15, 0.2) is 0 Å². The minimum Gasteiger partial charge on any atom is -0.337 e. The van der Waals surface area contributed by atoms with Gasteiger partial charge in [-0.2, -0.15) is 0 Å². The van der Waals surface area contributed by atoms with Gasteiger partial charge >= 0.3 is 0 Å². The highest BCUT2D eigenvalue weighted by Crippen LogP contribution is 2.29. The number of carbonyl (C=O) groups is 1. The molecule has 1 saturated heterocycles. The summed E-state index contributed by atoms with van der Waals surface area (Å²) in [5.41, 5.74) is 2.41. The molecule has 1 aliphatic rings. The van der Waals surface area contributed by atoms with Gasteiger partial charge in [-0.25, -0.2) is 0 Å². The first-order chi connectivity index (χ1) is 11.3. The van der Waals surface area contributed by atoms with Crippen molar-refractivity contribution in [2.24, 2.45) is 0 Å². The van der Waals surface area contributed by atoms with E-state index in [1.165, 1.54) is 11.1 Å². The fourth-order valence-electron chi connectivity index (χ4n) is 3.30. The lowest BCUT2D eigenvalue weighted by molar-refractivity contribution is -0.134. The van der Waals surface area contributed by atoms with Gasteiger partial charge in [0.1, 0.15) is 0 Å². The highest BCUT2D eigenvalue weighted by Gasteiger charge is 2.26. The molecule has 2 aromatic carbocycles. The Morgan fingerprint density at radius 1 is 1.08 bits per heavy atom. The van der Waals surface area contributed by atoms with Crippen molar-refractivity contribution in [1.82, 2.24) is 10.2 Å². The number of amides is 1. The van der Waals surface area contributed by atoms with E-state index in [9.17, 15) is 4.79 Å². The molecular formula is C20H25ClN2O. The standard InChI is InChI=1S/C20H24N2O.ClH/c1-16-15-21-12-13-22(16)20(23)14-19(17-8-4-2-5-9-17)18-10-6-3-7-11-18;/h2-11,16,19,21H,12-15H2,1H3;1H. The van der Waals surface area contributed by atoms with Crippen molar-refractivity contribution >= 4 is 18.3 Å². The van der Waals surface area contributed by atoms with Gasteiger partial charge in [0.2, 0.25) is 5.91 Å². The highest BCUT2D eigenvalue weighted by atomic mass is 35.5. The quantitative estimate of drug-likeness (QED) is 0.921. The molecule has 0 bridgehead atoms. The molecular weight excluding hydrogens is 320 g/mol. The molecule has 0 saturated carbocycles. The lowest BCUT2D eigenvalue weighted by atomic mass is 9.88. The minimum atomic E-state index is 0. The number of piperazine rings is 1. The Hall–Kier alpha value is -1.84. The average molecular weight is 345 g/mol. The van der Waals surface area contributed by atoms with E-state index in [0.29, 0.717) is 6.42 Å². The lowest BCUT2D eigenvalue weighted by Gasteiger charge is -2.35. The van der Waals surface area contributed by atoms with Crippen LogP contribution in [0.1, 0.15) is 30.4 Å². The number of benzene rings is 2. The highest BCUT2D eigenvalue weighted by molar-refractivity contribution is 5.85. The molecule has 1 unspecified atom stereocenters. The Balaban J connectivity index is 0.00000208. The summed E-state index contributed by atoms with van der Waals surface area (Å²) in [6.45, 7) is 4.69. The van der Waals surface area contributed by atoms with Crippen molar-refractivity contribution in [2.75, 3.05) is 19.6 Å². The molecule has 1 aliphatic heterocycles. The molecule has 0 aliphatic carbocycles. The number of rotatable bonds is 4. The molecule has 2 aromatic rings. The summed E-state index contributed by atoms with van der Waals surface area (Å²) in [6, 6.07) is 21.0. The number of nitrogens with zero attached hydrogens (tertiary/aromatic N) is 1. The van der Waals surface area contributed by atoms with Crippen LogP contribution in [0, 0.1) is 0 Å². The maximum atomic E-state index is 12.9. The van der Waals surface area contributed by atoms with Gasteiger partial charge in [-0.05, 0) is 18.1 Å². The SMILES string of the molecule is CC1CNCCN1C(=O)CC(c1ccccc1)c1ccccc1.Cl. The third-order valence-corrected chi connectivity index (χ3v) is 4.60. The predicted octanol–water partition coefficient (Wildman–Crippen LogP) is 3.45. The van der Waals surface area contributed by atoms with Crippen LogP contribution in [0.4, 0.5) is 0 Å². The molecule has 1 heterocycles. The second kappa shape index (κ2) is 8.86. The maximum Gasteiger partial charge on any atom is 0.223 e. The molecule has 24 heavy (non-hydrogen) atoms. The first-order valence-electron chi connectivity index (χ1n) is 8.36. The normalized spacial score (nSPS) is 17.4. The third kappa shape index (κ3) is 4.37. The van der Waals surface area contributed by atoms with E-state index >= 15 is 0 Å². The minimum absolute atomic E-state index is 0. The molecule has 3 rings (SSSR count). The van der Waals surface area contributed by atoms with Gasteiger partial charge < -0.3 is 10.2 Å². The Morgan fingerprint density at radius 2 is 1.62 bits per heavy atom. The molecule has 1 amide bonds. The zero-order valence-corrected chi connectivity index (χ0v) is 14.8. The van der Waals surface area contributed by atoms with E-state index in [1.54, 1.807) is 0 Å². The van der Waals surface area contributed by atoms with Crippen LogP contribution in [-0.2, 0) is 4.79 Å². The van der Waals surface area contributed by atoms with E-state index < -0.39 is 0 Å². The summed E-state index contributed by atoms with van der Waals surface area (Å²) in [5.74, 6) is 0.365. The van der Waals surface area contributed by atoms with E-state index in [0.717, 1.165) is 19.6 Å². The smallest absolute Gasteiger partial charge is 0.223 e. The van der Waals surface area contributed by atoms with Crippen LogP contribution in [0.3, 0.4) is 0 Å². The summed E-state index contributed by atoms with van der Waals surface area (Å²) in [5, 5.41) is 3.34. The molecule has 1 N–H and O–H groups in total. The van der Waals surface area contributed by atoms with E-state index in [1.807, 2.05) is 41.3 Å². The molecule has 0 aromatic heterocycles. The summed E-state index contributed by atoms with van der Waals surface area (Å²) >= 11 is 0. The summed E-state index contributed by atoms with van der Waals surface area (Å²) < 4.78 is 0. The van der Waals surface area contributed by atoms with Crippen molar-refractivity contribution in [3.63, 3.8) is 0 Å². The number of halogens is 1. The Kier molecular flexibility index (Phi) is 6.83. The van der Waals surface area contributed by atoms with E-state index in [-0.39, 0.29) is 30.3 Å². The Labute approximate surface area is 150 Å². The van der Waals surface area contributed by atoms with E-state index in [2.05, 4.69) is 36.5 Å². The van der Waals surface area contributed by atoms with Crippen LogP contribution >= 0.6 is 12.4 Å². The largest absolute Gasteiger partial charge is 0.337 e. The molecule has 0 spiro atoms. The first kappa shape index (κ1) is 18.5. The second-order valence-corrected chi connectivity index (χ2v) is 6.22. The van der Waals surface area contributed by atoms with Gasteiger partial charge in [-0.3, -0.25) is 4.79 Å². The summed E-state index contributed by atoms with van der Waals surface area (Å²) in [6.07, 6.45) is 0.526. The monoisotopic (exact) mass is 344 g/mol. The van der Waals surface area contributed by atoms with Gasteiger partial charge in [-0.1, -0.05) is 60.7 Å². The molecule has 1 fully saturated rings. The van der Waals surface area contributed by atoms with Crippen molar-refractivity contribution in [3.8, 4) is 0 Å². The maximum absolute atomic E-state index is 12.9. The summed E-state index contributed by atoms with van der Waals surface area (Å²) in [4.78, 5) is 14.9. The molecule has 128 valence electrons. The van der Waals surface area contributed by atoms with Gasteiger partial charge in [-0.15, -0.1) is 12.4 Å². The van der Waals surface area contributed by atoms with Crippen LogP contribution in [-0.4, -0.2) is 36.5 Å². The molecule has 0 radical (unpaired) electrons. The lowest BCUT2D eigenvalue weighted by Crippen LogP contribution is -2.52. The Bertz CT molecular complexity index is 593. The van der Waals surface area contributed by atoms with Gasteiger partial charge in [0.25, 0.3) is 0 Å². The topological polar surface area (TPSA) is 32.3 Å². The van der Waals surface area contributed by atoms with Crippen LogP contribution in [0.2, 0.25) is 0 Å². The van der Waals surface area contributed by atoms with Crippen LogP contribution in [0.5, 0.6) is 0 Å². The zero-order chi connectivity index (χ0) is 16.1. The van der Waals surface area contributed by atoms with Crippen LogP contribution in [0.25, 0.3) is 0 Å². The number of nitrogens with one attached hydrogen (secondary N) is 1. The van der Waals surface area contributed by atoms with Crippen LogP contribution in [0.15, 0.2) is 60.7 Å². The Morgan fingerprint density at radius 3 is 2.12 bits per heavy atom. The zero-order valence-electron chi connectivity index (χ0n) is 14.0. The number of carbonyl (C=O) groups excluding carboxylic acids is 1. The predicted molar refractivity (Wildman–Crippen MR) is 101 cm³/mol. The summed E-state index contributed by atoms with van der Waals surface area (Å²) in [7, 11) is 0. The fourth-order valence-corrected chi connectivity index (χ4v) is 3.30. The van der Waals surface area contributed by atoms with Gasteiger partial charge in [0, 0.05) is 38.0 Å². The van der Waals surface area contributed by atoms with Crippen molar-refractivity contribution < 1.29 is 4.79 Å². The van der Waals surface area contributed by atoms with E-state index in [4.69, 9.17) is 0 Å². The fraction of sp³-hybridized carbons (Fsp3) is 0.350. The number of hydrogen-bond donors (Lipinski definition) is 1. The van der Waals surface area contributed by atoms with Crippen molar-refractivity contribution in [1.29, 1.82) is 0 Å². The second-order valence-electron chi connectivity index (χ2n) is 6.22. The van der Waals surface area contributed by atoms with Crippen molar-refractivity contribution in [2.45, 2.75) is 25.3 Å². The third-order valence-electron chi connectivity index (χ3n) is 4.60.